The molecule has 2 aromatic carbocycles. The molecule has 0 atom stereocenters. The summed E-state index contributed by atoms with van der Waals surface area (Å²) in [5, 5.41) is 2.72. The van der Waals surface area contributed by atoms with Crippen molar-refractivity contribution in [3.63, 3.8) is 0 Å². The highest BCUT2D eigenvalue weighted by Crippen LogP contribution is 2.16. The standard InChI is InChI=1S/C15H15N3O/c16-12-8-5-11(6-9-12)7-10-15(19)18-14-4-2-1-3-13(14)17/h1-10H,16-17H2,(H,18,19). The first-order valence-electron chi connectivity index (χ1n) is 5.84. The molecular formula is C15H15N3O. The third-order valence-electron chi connectivity index (χ3n) is 2.58. The summed E-state index contributed by atoms with van der Waals surface area (Å²) < 4.78 is 0. The lowest BCUT2D eigenvalue weighted by Crippen LogP contribution is -2.09. The first kappa shape index (κ1) is 12.7. The van der Waals surface area contributed by atoms with Gasteiger partial charge in [-0.15, -0.1) is 0 Å². The minimum absolute atomic E-state index is 0.227. The molecule has 0 bridgehead atoms. The molecule has 2 rings (SSSR count). The maximum Gasteiger partial charge on any atom is 0.248 e. The number of rotatable bonds is 3. The van der Waals surface area contributed by atoms with Crippen molar-refractivity contribution in [2.75, 3.05) is 16.8 Å². The summed E-state index contributed by atoms with van der Waals surface area (Å²) in [4.78, 5) is 11.7. The Balaban J connectivity index is 2.02. The molecule has 0 aliphatic heterocycles. The second-order valence-corrected chi connectivity index (χ2v) is 4.08. The van der Waals surface area contributed by atoms with Crippen LogP contribution in [0.25, 0.3) is 6.08 Å². The zero-order chi connectivity index (χ0) is 13.7. The van der Waals surface area contributed by atoms with Crippen molar-refractivity contribution in [1.82, 2.24) is 0 Å². The van der Waals surface area contributed by atoms with Gasteiger partial charge >= 0.3 is 0 Å². The third kappa shape index (κ3) is 3.61. The van der Waals surface area contributed by atoms with E-state index in [2.05, 4.69) is 5.32 Å². The molecule has 0 fully saturated rings. The van der Waals surface area contributed by atoms with E-state index in [1.54, 1.807) is 30.3 Å². The van der Waals surface area contributed by atoms with Gasteiger partial charge in [-0.1, -0.05) is 24.3 Å². The van der Waals surface area contributed by atoms with Crippen LogP contribution in [0.2, 0.25) is 0 Å². The molecule has 0 heterocycles. The predicted octanol–water partition coefficient (Wildman–Crippen LogP) is 2.50. The van der Waals surface area contributed by atoms with Gasteiger partial charge in [-0.05, 0) is 35.9 Å². The molecule has 96 valence electrons. The number of hydrogen-bond donors (Lipinski definition) is 3. The number of anilines is 3. The molecule has 0 aliphatic rings. The number of amides is 1. The average Bonchev–Trinajstić information content (AvgIpc) is 2.41. The lowest BCUT2D eigenvalue weighted by atomic mass is 10.2. The number of benzene rings is 2. The lowest BCUT2D eigenvalue weighted by Gasteiger charge is -2.04. The fourth-order valence-electron chi connectivity index (χ4n) is 1.56. The minimum Gasteiger partial charge on any atom is -0.399 e. The zero-order valence-corrected chi connectivity index (χ0v) is 10.3. The van der Waals surface area contributed by atoms with Crippen LogP contribution in [0.1, 0.15) is 5.56 Å². The van der Waals surface area contributed by atoms with E-state index in [0.29, 0.717) is 17.1 Å². The average molecular weight is 253 g/mol. The molecule has 0 unspecified atom stereocenters. The maximum absolute atomic E-state index is 11.7. The highest BCUT2D eigenvalue weighted by Gasteiger charge is 2.00. The Kier molecular flexibility index (Phi) is 3.83. The van der Waals surface area contributed by atoms with Gasteiger partial charge in [0.25, 0.3) is 0 Å². The van der Waals surface area contributed by atoms with Crippen molar-refractivity contribution in [2.45, 2.75) is 0 Å². The summed E-state index contributed by atoms with van der Waals surface area (Å²) >= 11 is 0. The monoisotopic (exact) mass is 253 g/mol. The first-order valence-corrected chi connectivity index (χ1v) is 5.84. The van der Waals surface area contributed by atoms with Crippen LogP contribution in [0.5, 0.6) is 0 Å². The topological polar surface area (TPSA) is 81.1 Å². The fourth-order valence-corrected chi connectivity index (χ4v) is 1.56. The highest BCUT2D eigenvalue weighted by molar-refractivity contribution is 6.03. The second-order valence-electron chi connectivity index (χ2n) is 4.08. The van der Waals surface area contributed by atoms with Gasteiger partial charge in [0.2, 0.25) is 5.91 Å². The number of nitrogens with two attached hydrogens (primary N) is 2. The van der Waals surface area contributed by atoms with Crippen molar-refractivity contribution < 1.29 is 4.79 Å². The molecule has 4 nitrogen and oxygen atoms in total. The van der Waals surface area contributed by atoms with Crippen LogP contribution in [0.3, 0.4) is 0 Å². The summed E-state index contributed by atoms with van der Waals surface area (Å²) in [5.41, 5.74) is 14.1. The normalized spacial score (nSPS) is 10.5. The Morgan fingerprint density at radius 3 is 2.37 bits per heavy atom. The summed E-state index contributed by atoms with van der Waals surface area (Å²) in [5.74, 6) is -0.227. The number of carbonyl (C=O) groups excluding carboxylic acids is 1. The molecule has 0 aliphatic carbocycles. The summed E-state index contributed by atoms with van der Waals surface area (Å²) in [6.07, 6.45) is 3.17. The van der Waals surface area contributed by atoms with Gasteiger partial charge in [0.05, 0.1) is 11.4 Å². The van der Waals surface area contributed by atoms with E-state index in [1.807, 2.05) is 24.3 Å². The Labute approximate surface area is 111 Å². The van der Waals surface area contributed by atoms with E-state index in [4.69, 9.17) is 11.5 Å². The molecule has 4 heteroatoms. The zero-order valence-electron chi connectivity index (χ0n) is 10.3. The quantitative estimate of drug-likeness (QED) is 0.580. The van der Waals surface area contributed by atoms with Crippen LogP contribution in [-0.2, 0) is 4.79 Å². The van der Waals surface area contributed by atoms with Crippen molar-refractivity contribution in [1.29, 1.82) is 0 Å². The molecule has 0 radical (unpaired) electrons. The van der Waals surface area contributed by atoms with Gasteiger partial charge in [0, 0.05) is 11.8 Å². The highest BCUT2D eigenvalue weighted by atomic mass is 16.1. The van der Waals surface area contributed by atoms with Crippen LogP contribution >= 0.6 is 0 Å². The van der Waals surface area contributed by atoms with Gasteiger partial charge in [-0.25, -0.2) is 0 Å². The van der Waals surface area contributed by atoms with E-state index in [0.717, 1.165) is 5.56 Å². The number of carbonyl (C=O) groups is 1. The van der Waals surface area contributed by atoms with Crippen LogP contribution in [0.15, 0.2) is 54.6 Å². The Bertz CT molecular complexity index is 603. The maximum atomic E-state index is 11.7. The molecule has 19 heavy (non-hydrogen) atoms. The number of nitrogens with one attached hydrogen (secondary N) is 1. The largest absolute Gasteiger partial charge is 0.399 e. The van der Waals surface area contributed by atoms with Crippen molar-refractivity contribution in [3.05, 3.63) is 60.2 Å². The van der Waals surface area contributed by atoms with Crippen molar-refractivity contribution in [3.8, 4) is 0 Å². The molecule has 0 aromatic heterocycles. The molecule has 0 spiro atoms. The number of nitrogen functional groups attached to an aromatic ring is 2. The van der Waals surface area contributed by atoms with Crippen LogP contribution in [0, 0.1) is 0 Å². The molecule has 1 amide bonds. The summed E-state index contributed by atoms with van der Waals surface area (Å²) in [6.45, 7) is 0. The van der Waals surface area contributed by atoms with E-state index < -0.39 is 0 Å². The minimum atomic E-state index is -0.227. The third-order valence-corrected chi connectivity index (χ3v) is 2.58. The number of para-hydroxylation sites is 2. The Morgan fingerprint density at radius 1 is 1.00 bits per heavy atom. The predicted molar refractivity (Wildman–Crippen MR) is 79.4 cm³/mol. The summed E-state index contributed by atoms with van der Waals surface area (Å²) in [6, 6.07) is 14.4. The lowest BCUT2D eigenvalue weighted by molar-refractivity contribution is -0.111. The second kappa shape index (κ2) is 5.73. The van der Waals surface area contributed by atoms with Crippen molar-refractivity contribution >= 4 is 29.0 Å². The first-order chi connectivity index (χ1) is 9.15. The smallest absolute Gasteiger partial charge is 0.248 e. The molecule has 2 aromatic rings. The van der Waals surface area contributed by atoms with E-state index in [1.165, 1.54) is 6.08 Å². The van der Waals surface area contributed by atoms with Crippen LogP contribution < -0.4 is 16.8 Å². The Morgan fingerprint density at radius 2 is 1.68 bits per heavy atom. The Hall–Kier alpha value is -2.75. The van der Waals surface area contributed by atoms with Gasteiger partial charge in [0.1, 0.15) is 0 Å². The van der Waals surface area contributed by atoms with E-state index in [-0.39, 0.29) is 5.91 Å². The molecule has 0 saturated carbocycles. The van der Waals surface area contributed by atoms with Crippen LogP contribution in [-0.4, -0.2) is 5.91 Å². The molecule has 0 saturated heterocycles. The fraction of sp³-hybridized carbons (Fsp3) is 0. The molecule has 5 N–H and O–H groups in total. The van der Waals surface area contributed by atoms with Gasteiger partial charge in [-0.3, -0.25) is 4.79 Å². The SMILES string of the molecule is Nc1ccc(C=CC(=O)Nc2ccccc2N)cc1. The van der Waals surface area contributed by atoms with Crippen LogP contribution in [0.4, 0.5) is 17.1 Å². The summed E-state index contributed by atoms with van der Waals surface area (Å²) in [7, 11) is 0. The van der Waals surface area contributed by atoms with E-state index in [9.17, 15) is 4.79 Å². The van der Waals surface area contributed by atoms with E-state index >= 15 is 0 Å². The van der Waals surface area contributed by atoms with Crippen molar-refractivity contribution in [2.24, 2.45) is 0 Å². The van der Waals surface area contributed by atoms with Gasteiger partial charge in [0.15, 0.2) is 0 Å². The number of hydrogen-bond acceptors (Lipinski definition) is 3. The van der Waals surface area contributed by atoms with Gasteiger partial charge < -0.3 is 16.8 Å². The molecular weight excluding hydrogens is 238 g/mol. The van der Waals surface area contributed by atoms with Gasteiger partial charge in [-0.2, -0.15) is 0 Å².